The smallest absolute Gasteiger partial charge is 0.125 e. The van der Waals surface area contributed by atoms with Crippen LogP contribution in [0.15, 0.2) is 84.9 Å². The Labute approximate surface area is 151 Å². The largest absolute Gasteiger partial charge is 0.347 e. The van der Waals surface area contributed by atoms with E-state index < -0.39 is 0 Å². The van der Waals surface area contributed by atoms with E-state index in [0.29, 0.717) is 0 Å². The molecule has 25 heavy (non-hydrogen) atoms. The van der Waals surface area contributed by atoms with E-state index >= 15 is 0 Å². The number of anilines is 1. The quantitative estimate of drug-likeness (QED) is 0.707. The summed E-state index contributed by atoms with van der Waals surface area (Å²) in [5.74, 6) is 0. The molecule has 126 valence electrons. The number of benzene rings is 3. The third kappa shape index (κ3) is 2.94. The molecule has 3 aromatic rings. The maximum absolute atomic E-state index is 8.99. The zero-order chi connectivity index (χ0) is 18.1. The molecule has 3 aromatic carbocycles. The van der Waals surface area contributed by atoms with Gasteiger partial charge in [0.25, 0.3) is 0 Å². The van der Waals surface area contributed by atoms with Crippen LogP contribution in [0.3, 0.4) is 0 Å². The number of nitrogens with zero attached hydrogens (tertiary/aromatic N) is 1. The van der Waals surface area contributed by atoms with E-state index in [1.807, 2.05) is 12.1 Å². The molecule has 1 saturated heterocycles. The van der Waals surface area contributed by atoms with Crippen molar-refractivity contribution in [3.63, 3.8) is 0 Å². The highest BCUT2D eigenvalue weighted by molar-refractivity contribution is 5.57. The van der Waals surface area contributed by atoms with Gasteiger partial charge in [-0.1, -0.05) is 78.9 Å². The standard InChI is InChI=1S/C23H24N2/c1-17-11-9-10-16-21(17)25-18(2)22(19-12-5-3-6-13-19)24-23(25)20-14-7-4-8-15-20/h3-16,18,22-24H,1-2H3/t18-,22?,23?/m0/s1/i/hD. The Morgan fingerprint density at radius 2 is 1.36 bits per heavy atom. The highest BCUT2D eigenvalue weighted by Gasteiger charge is 2.39. The van der Waals surface area contributed by atoms with Crippen LogP contribution in [0, 0.1) is 6.92 Å². The second kappa shape index (κ2) is 6.73. The maximum atomic E-state index is 8.99. The average molecular weight is 329 g/mol. The number of rotatable bonds is 3. The number of hydrogen-bond donors (Lipinski definition) is 1. The van der Waals surface area contributed by atoms with E-state index in [-0.39, 0.29) is 18.2 Å². The molecule has 3 atom stereocenters. The van der Waals surface area contributed by atoms with Gasteiger partial charge in [-0.05, 0) is 36.6 Å². The first-order valence-electron chi connectivity index (χ1n) is 9.34. The van der Waals surface area contributed by atoms with E-state index in [1.165, 1.54) is 16.8 Å². The lowest BCUT2D eigenvalue weighted by Gasteiger charge is -2.32. The van der Waals surface area contributed by atoms with E-state index in [9.17, 15) is 0 Å². The van der Waals surface area contributed by atoms with Crippen molar-refractivity contribution in [3.8, 4) is 0 Å². The summed E-state index contributed by atoms with van der Waals surface area (Å²) in [6.45, 7) is 4.38. The van der Waals surface area contributed by atoms with Crippen LogP contribution in [0.25, 0.3) is 0 Å². The Morgan fingerprint density at radius 3 is 2.00 bits per heavy atom. The topological polar surface area (TPSA) is 15.3 Å². The van der Waals surface area contributed by atoms with Crippen LogP contribution in [-0.4, -0.2) is 6.04 Å². The molecule has 0 bridgehead atoms. The summed E-state index contributed by atoms with van der Waals surface area (Å²) < 4.78 is 8.99. The van der Waals surface area contributed by atoms with Gasteiger partial charge in [-0.15, -0.1) is 0 Å². The molecule has 1 aliphatic heterocycles. The Bertz CT molecular complexity index is 866. The Morgan fingerprint density at radius 1 is 0.800 bits per heavy atom. The average Bonchev–Trinajstić information content (AvgIpc) is 2.94. The van der Waals surface area contributed by atoms with Gasteiger partial charge in [0.15, 0.2) is 0 Å². The third-order valence-electron chi connectivity index (χ3n) is 5.09. The van der Waals surface area contributed by atoms with Crippen LogP contribution >= 0.6 is 0 Å². The highest BCUT2D eigenvalue weighted by Crippen LogP contribution is 2.40. The zero-order valence-corrected chi connectivity index (χ0v) is 14.7. The Hall–Kier alpha value is -2.58. The normalized spacial score (nSPS) is 24.3. The minimum atomic E-state index is -0.113. The lowest BCUT2D eigenvalue weighted by atomic mass is 10.0. The fraction of sp³-hybridized carbons (Fsp3) is 0.217. The van der Waals surface area contributed by atoms with Crippen molar-refractivity contribution >= 4 is 5.69 Å². The monoisotopic (exact) mass is 329 g/mol. The molecule has 0 spiro atoms. The lowest BCUT2D eigenvalue weighted by molar-refractivity contribution is 0.559. The van der Waals surface area contributed by atoms with Crippen LogP contribution in [0.2, 0.25) is 1.41 Å². The first-order chi connectivity index (χ1) is 12.7. The van der Waals surface area contributed by atoms with E-state index in [2.05, 4.69) is 91.5 Å². The van der Waals surface area contributed by atoms with Gasteiger partial charge < -0.3 is 4.90 Å². The summed E-state index contributed by atoms with van der Waals surface area (Å²) in [5, 5.41) is 1.77. The van der Waals surface area contributed by atoms with Crippen molar-refractivity contribution in [3.05, 3.63) is 102 Å². The minimum Gasteiger partial charge on any atom is -0.347 e. The van der Waals surface area contributed by atoms with Gasteiger partial charge in [-0.2, -0.15) is 0 Å². The first kappa shape index (κ1) is 14.7. The van der Waals surface area contributed by atoms with Crippen LogP contribution in [-0.2, 0) is 0 Å². The predicted octanol–water partition coefficient (Wildman–Crippen LogP) is 5.23. The summed E-state index contributed by atoms with van der Waals surface area (Å²) in [5.41, 5.74) is 4.77. The fourth-order valence-corrected chi connectivity index (χ4v) is 3.81. The van der Waals surface area contributed by atoms with E-state index in [4.69, 9.17) is 1.41 Å². The van der Waals surface area contributed by atoms with Gasteiger partial charge in [0.05, 0.1) is 6.04 Å². The van der Waals surface area contributed by atoms with Gasteiger partial charge in [-0.3, -0.25) is 5.31 Å². The van der Waals surface area contributed by atoms with Gasteiger partial charge >= 0.3 is 0 Å². The predicted molar refractivity (Wildman–Crippen MR) is 105 cm³/mol. The molecule has 1 N–H and O–H groups in total. The van der Waals surface area contributed by atoms with Crippen molar-refractivity contribution in [1.29, 1.82) is 0 Å². The minimum absolute atomic E-state index is 0.0148. The summed E-state index contributed by atoms with van der Waals surface area (Å²) >= 11 is 0. The van der Waals surface area contributed by atoms with Gasteiger partial charge in [-0.25, -0.2) is 0 Å². The summed E-state index contributed by atoms with van der Waals surface area (Å²) in [6.07, 6.45) is -0.113. The highest BCUT2D eigenvalue weighted by atomic mass is 15.4. The van der Waals surface area contributed by atoms with E-state index in [0.717, 1.165) is 5.56 Å². The number of hydrogen-bond acceptors (Lipinski definition) is 2. The SMILES string of the molecule is [2H]N1C(c2ccccc2)[C@H](C)N(c2ccccc2C)C1c1ccccc1. The van der Waals surface area contributed by atoms with Crippen LogP contribution in [0.5, 0.6) is 0 Å². The summed E-state index contributed by atoms with van der Waals surface area (Å²) in [6, 6.07) is 29.5. The van der Waals surface area contributed by atoms with Gasteiger partial charge in [0, 0.05) is 11.7 Å². The van der Waals surface area contributed by atoms with Crippen LogP contribution in [0.4, 0.5) is 5.69 Å². The van der Waals surface area contributed by atoms with Gasteiger partial charge in [0.1, 0.15) is 7.58 Å². The molecular weight excluding hydrogens is 304 g/mol. The molecule has 1 aliphatic rings. The third-order valence-corrected chi connectivity index (χ3v) is 5.09. The van der Waals surface area contributed by atoms with Crippen molar-refractivity contribution < 1.29 is 1.41 Å². The summed E-state index contributed by atoms with van der Waals surface area (Å²) in [4.78, 5) is 2.40. The first-order valence-corrected chi connectivity index (χ1v) is 8.89. The fourth-order valence-electron chi connectivity index (χ4n) is 3.81. The molecule has 4 rings (SSSR count). The Balaban J connectivity index is 1.85. The molecular formula is C23H24N2. The molecule has 0 aliphatic carbocycles. The number of nitrogens with one attached hydrogen (secondary N) is 1. The zero-order valence-electron chi connectivity index (χ0n) is 15.7. The van der Waals surface area contributed by atoms with Crippen LogP contribution < -0.4 is 10.2 Å². The second-order valence-corrected chi connectivity index (χ2v) is 6.72. The molecule has 2 heteroatoms. The molecule has 1 heterocycles. The maximum Gasteiger partial charge on any atom is 0.125 e. The molecule has 0 aromatic heterocycles. The molecule has 0 saturated carbocycles. The van der Waals surface area contributed by atoms with Crippen LogP contribution in [0.1, 0.15) is 35.8 Å². The van der Waals surface area contributed by atoms with Crippen molar-refractivity contribution in [2.24, 2.45) is 0 Å². The lowest BCUT2D eigenvalue weighted by Crippen LogP contribution is -2.32. The molecule has 2 unspecified atom stereocenters. The number of para-hydroxylation sites is 1. The summed E-state index contributed by atoms with van der Waals surface area (Å²) in [7, 11) is 0. The number of aryl methyl sites for hydroxylation is 1. The van der Waals surface area contributed by atoms with Crippen molar-refractivity contribution in [2.45, 2.75) is 32.1 Å². The molecule has 0 amide bonds. The Kier molecular flexibility index (Phi) is 3.97. The van der Waals surface area contributed by atoms with Crippen molar-refractivity contribution in [1.82, 2.24) is 5.31 Å². The van der Waals surface area contributed by atoms with Gasteiger partial charge in [0.2, 0.25) is 0 Å². The molecule has 1 fully saturated rings. The van der Waals surface area contributed by atoms with E-state index in [1.54, 1.807) is 5.31 Å². The molecule has 2 nitrogen and oxygen atoms in total. The second-order valence-electron chi connectivity index (χ2n) is 6.72. The van der Waals surface area contributed by atoms with Crippen molar-refractivity contribution in [2.75, 3.05) is 4.90 Å². The molecule has 0 radical (unpaired) electrons.